The molecule has 4 rings (SSSR count). The van der Waals surface area contributed by atoms with E-state index < -0.39 is 28.3 Å². The molecule has 2 heterocycles. The monoisotopic (exact) mass is 670 g/mol. The minimum Gasteiger partial charge on any atom is -0.394 e. The Hall–Kier alpha value is -5.16. The van der Waals surface area contributed by atoms with Gasteiger partial charge in [-0.1, -0.05) is 36.1 Å². The first kappa shape index (κ1) is 35.7. The Morgan fingerprint density at radius 1 is 1.02 bits per heavy atom. The van der Waals surface area contributed by atoms with Crippen LogP contribution in [0, 0.1) is 18.8 Å². The summed E-state index contributed by atoms with van der Waals surface area (Å²) in [6.07, 6.45) is 2.73. The van der Waals surface area contributed by atoms with Crippen molar-refractivity contribution >= 4 is 33.1 Å². The predicted molar refractivity (Wildman–Crippen MR) is 182 cm³/mol. The van der Waals surface area contributed by atoms with E-state index >= 15 is 0 Å². The molecular formula is C35H38N6O6S. The summed E-state index contributed by atoms with van der Waals surface area (Å²) in [6, 6.07) is 18.8. The van der Waals surface area contributed by atoms with Crippen LogP contribution in [-0.2, 0) is 21.6 Å². The lowest BCUT2D eigenvalue weighted by Gasteiger charge is -2.19. The van der Waals surface area contributed by atoms with Gasteiger partial charge in [0, 0.05) is 66.9 Å². The zero-order valence-corrected chi connectivity index (χ0v) is 27.8. The predicted octanol–water partition coefficient (Wildman–Crippen LogP) is 3.42. The van der Waals surface area contributed by atoms with Crippen LogP contribution < -0.4 is 5.32 Å². The Morgan fingerprint density at radius 3 is 2.48 bits per heavy atom. The lowest BCUT2D eigenvalue weighted by molar-refractivity contribution is -0.131. The highest BCUT2D eigenvalue weighted by Gasteiger charge is 2.18. The number of aryl methyl sites for hydroxylation is 2. The number of aliphatic hydroxyl groups is 2. The fourth-order valence-corrected chi connectivity index (χ4v) is 6.72. The molecule has 1 unspecified atom stereocenters. The number of rotatable bonds is 12. The fourth-order valence-electron chi connectivity index (χ4n) is 4.74. The van der Waals surface area contributed by atoms with Crippen LogP contribution in [0.4, 0.5) is 5.69 Å². The summed E-state index contributed by atoms with van der Waals surface area (Å²) >= 11 is 0. The highest BCUT2D eigenvalue weighted by atomic mass is 32.2. The zero-order valence-electron chi connectivity index (χ0n) is 27.0. The quantitative estimate of drug-likeness (QED) is 0.152. The van der Waals surface area contributed by atoms with Gasteiger partial charge in [0.1, 0.15) is 5.69 Å². The Bertz CT molecular complexity index is 1960. The number of nitrogens with zero attached hydrogens (tertiary/aromatic N) is 5. The van der Waals surface area contributed by atoms with Crippen LogP contribution >= 0.6 is 0 Å². The molecule has 2 aromatic carbocycles. The molecule has 2 aromatic heterocycles. The SMILES string of the molecule is Cc1cc(C(=O)Nc2cccc(C#Cc3cncc(C(=O)N=[S@](=O)(CCCCC(=O)N(C)CC(O)CO)c4ccccc4)c3)c2)n(C)n1. The maximum atomic E-state index is 14.1. The molecule has 250 valence electrons. The van der Waals surface area contributed by atoms with Crippen LogP contribution in [0.2, 0.25) is 0 Å². The maximum absolute atomic E-state index is 14.1. The zero-order chi connectivity index (χ0) is 34.7. The summed E-state index contributed by atoms with van der Waals surface area (Å²) in [5.41, 5.74) is 2.90. The smallest absolute Gasteiger partial charge is 0.286 e. The number of amides is 3. The Labute approximate surface area is 280 Å². The third-order valence-corrected chi connectivity index (χ3v) is 9.53. The number of hydrogen-bond acceptors (Lipinski definition) is 8. The highest BCUT2D eigenvalue weighted by Crippen LogP contribution is 2.19. The van der Waals surface area contributed by atoms with E-state index in [0.29, 0.717) is 40.2 Å². The van der Waals surface area contributed by atoms with Gasteiger partial charge in [0.25, 0.3) is 11.8 Å². The first-order valence-corrected chi connectivity index (χ1v) is 16.9. The molecule has 13 heteroatoms. The highest BCUT2D eigenvalue weighted by molar-refractivity contribution is 7.94. The minimum atomic E-state index is -3.19. The molecule has 0 aliphatic rings. The van der Waals surface area contributed by atoms with Gasteiger partial charge >= 0.3 is 0 Å². The second-order valence-corrected chi connectivity index (χ2v) is 13.5. The van der Waals surface area contributed by atoms with Crippen LogP contribution in [0.1, 0.15) is 56.9 Å². The number of aromatic nitrogens is 3. The summed E-state index contributed by atoms with van der Waals surface area (Å²) < 4.78 is 19.8. The largest absolute Gasteiger partial charge is 0.394 e. The van der Waals surface area contributed by atoms with Gasteiger partial charge in [0.05, 0.1) is 33.7 Å². The van der Waals surface area contributed by atoms with Crippen molar-refractivity contribution in [3.8, 4) is 11.8 Å². The van der Waals surface area contributed by atoms with Gasteiger partial charge < -0.3 is 20.4 Å². The molecule has 0 aliphatic carbocycles. The van der Waals surface area contributed by atoms with Crippen LogP contribution in [0.25, 0.3) is 0 Å². The number of anilines is 1. The Kier molecular flexibility index (Phi) is 12.3. The first-order valence-electron chi connectivity index (χ1n) is 15.2. The van der Waals surface area contributed by atoms with Gasteiger partial charge in [-0.15, -0.1) is 0 Å². The molecule has 0 saturated carbocycles. The number of likely N-dealkylation sites (N-methyl/N-ethyl adjacent to an activating group) is 1. The topological polar surface area (TPSA) is 167 Å². The minimum absolute atomic E-state index is 0.00847. The fraction of sp³-hybridized carbons (Fsp3) is 0.286. The van der Waals surface area contributed by atoms with E-state index in [4.69, 9.17) is 5.11 Å². The molecule has 12 nitrogen and oxygen atoms in total. The standard InChI is InChI=1S/C35H38N6O6S/c1-25-18-32(41(3)38-25)35(46)37-29-11-9-10-26(20-29)15-16-27-19-28(22-36-21-27)34(45)39-48(47,31-12-5-4-6-13-31)17-8-7-14-33(44)40(2)23-30(43)24-42/h4-6,9-13,18-22,30,42-43H,7-8,14,17,23-24H2,1-3H3,(H,37,46)/t30?,48-/m0/s1. The number of aliphatic hydroxyl groups excluding tert-OH is 2. The van der Waals surface area contributed by atoms with Crippen molar-refractivity contribution in [2.45, 2.75) is 37.2 Å². The average Bonchev–Trinajstić information content (AvgIpc) is 3.43. The van der Waals surface area contributed by atoms with Crippen molar-refractivity contribution in [1.82, 2.24) is 19.7 Å². The van der Waals surface area contributed by atoms with Crippen LogP contribution in [0.5, 0.6) is 0 Å². The van der Waals surface area contributed by atoms with E-state index in [1.807, 2.05) is 6.92 Å². The normalized spacial score (nSPS) is 12.6. The Morgan fingerprint density at radius 2 is 1.77 bits per heavy atom. The third kappa shape index (κ3) is 9.92. The maximum Gasteiger partial charge on any atom is 0.286 e. The van der Waals surface area contributed by atoms with E-state index in [9.17, 15) is 23.7 Å². The van der Waals surface area contributed by atoms with Crippen molar-refractivity contribution < 1.29 is 28.8 Å². The van der Waals surface area contributed by atoms with Gasteiger partial charge in [0.15, 0.2) is 0 Å². The summed E-state index contributed by atoms with van der Waals surface area (Å²) in [6.45, 7) is 1.37. The van der Waals surface area contributed by atoms with Crippen molar-refractivity contribution in [3.63, 3.8) is 0 Å². The van der Waals surface area contributed by atoms with Gasteiger partial charge in [0.2, 0.25) is 5.91 Å². The molecule has 3 N–H and O–H groups in total. The van der Waals surface area contributed by atoms with E-state index in [2.05, 4.69) is 31.6 Å². The molecular weight excluding hydrogens is 632 g/mol. The molecule has 0 spiro atoms. The van der Waals surface area contributed by atoms with Crippen molar-refractivity contribution in [3.05, 3.63) is 107 Å². The molecule has 48 heavy (non-hydrogen) atoms. The van der Waals surface area contributed by atoms with Gasteiger partial charge in [-0.25, -0.2) is 4.21 Å². The second kappa shape index (κ2) is 16.6. The molecule has 3 amide bonds. The molecule has 0 aliphatic heterocycles. The number of unbranched alkanes of at least 4 members (excludes halogenated alkanes) is 1. The van der Waals surface area contributed by atoms with Crippen LogP contribution in [0.15, 0.2) is 88.4 Å². The number of carbonyl (C=O) groups excluding carboxylic acids is 3. The Balaban J connectivity index is 1.47. The summed E-state index contributed by atoms with van der Waals surface area (Å²) in [7, 11) is 0.0518. The van der Waals surface area contributed by atoms with Crippen LogP contribution in [-0.4, -0.2) is 83.9 Å². The first-order chi connectivity index (χ1) is 23.0. The van der Waals surface area contributed by atoms with Crippen LogP contribution in [0.3, 0.4) is 0 Å². The van der Waals surface area contributed by atoms with E-state index in [1.165, 1.54) is 35.1 Å². The molecule has 0 saturated heterocycles. The summed E-state index contributed by atoms with van der Waals surface area (Å²) in [5.74, 6) is 4.83. The molecule has 0 bridgehead atoms. The van der Waals surface area contributed by atoms with Crippen molar-refractivity contribution in [2.75, 3.05) is 31.3 Å². The third-order valence-electron chi connectivity index (χ3n) is 7.22. The van der Waals surface area contributed by atoms with Crippen molar-refractivity contribution in [1.29, 1.82) is 0 Å². The number of pyridine rings is 1. The average molecular weight is 671 g/mol. The second-order valence-electron chi connectivity index (χ2n) is 11.2. The molecule has 0 fully saturated rings. The van der Waals surface area contributed by atoms with E-state index in [0.717, 1.165) is 5.69 Å². The molecule has 2 atom stereocenters. The number of nitrogens with one attached hydrogen (secondary N) is 1. The number of benzene rings is 2. The lowest BCUT2D eigenvalue weighted by Crippen LogP contribution is -2.35. The van der Waals surface area contributed by atoms with Gasteiger partial charge in [-0.05, 0) is 62.2 Å². The van der Waals surface area contributed by atoms with Gasteiger partial charge in [-0.2, -0.15) is 9.46 Å². The molecule has 0 radical (unpaired) electrons. The lowest BCUT2D eigenvalue weighted by atomic mass is 10.1. The number of hydrogen-bond donors (Lipinski definition) is 3. The van der Waals surface area contributed by atoms with E-state index in [1.54, 1.807) is 67.7 Å². The van der Waals surface area contributed by atoms with Gasteiger partial charge in [-0.3, -0.25) is 24.0 Å². The summed E-state index contributed by atoms with van der Waals surface area (Å²) in [5, 5.41) is 25.6. The van der Waals surface area contributed by atoms with Crippen molar-refractivity contribution in [2.24, 2.45) is 11.4 Å². The van der Waals surface area contributed by atoms with E-state index in [-0.39, 0.29) is 36.1 Å². The number of carbonyl (C=O) groups is 3. The summed E-state index contributed by atoms with van der Waals surface area (Å²) in [4.78, 5) is 44.3. The molecule has 4 aromatic rings.